The monoisotopic (exact) mass is 487 g/mol. The average Bonchev–Trinajstić information content (AvgIpc) is 3.25. The van der Waals surface area contributed by atoms with Crippen molar-refractivity contribution < 1.29 is 9.90 Å². The third-order valence-electron chi connectivity index (χ3n) is 6.34. The second kappa shape index (κ2) is 10.4. The number of hydrogen-bond acceptors (Lipinski definition) is 3. The first-order valence-corrected chi connectivity index (χ1v) is 12.1. The molecule has 0 saturated heterocycles. The molecular weight excluding hydrogens is 458 g/mol. The van der Waals surface area contributed by atoms with Gasteiger partial charge in [0.15, 0.2) is 0 Å². The van der Waals surface area contributed by atoms with Gasteiger partial charge in [0.25, 0.3) is 0 Å². The van der Waals surface area contributed by atoms with Crippen LogP contribution < -0.4 is 4.90 Å². The molecule has 35 heavy (non-hydrogen) atoms. The largest absolute Gasteiger partial charge is 0.481 e. The Kier molecular flexibility index (Phi) is 7.27. The molecule has 4 rings (SSSR count). The molecule has 0 bridgehead atoms. The third-order valence-corrected chi connectivity index (χ3v) is 6.65. The minimum Gasteiger partial charge on any atom is -0.481 e. The van der Waals surface area contributed by atoms with Gasteiger partial charge >= 0.3 is 5.97 Å². The second-order valence-electron chi connectivity index (χ2n) is 8.96. The summed E-state index contributed by atoms with van der Waals surface area (Å²) in [5, 5.41) is 15.5. The Morgan fingerprint density at radius 2 is 1.77 bits per heavy atom. The number of aryl methyl sites for hydroxylation is 2. The van der Waals surface area contributed by atoms with E-state index >= 15 is 0 Å². The maximum Gasteiger partial charge on any atom is 0.311 e. The first-order chi connectivity index (χ1) is 16.8. The molecule has 4 aromatic rings. The molecule has 0 aliphatic rings. The molecule has 1 N–H and O–H groups in total. The van der Waals surface area contributed by atoms with Gasteiger partial charge in [0, 0.05) is 31.3 Å². The van der Waals surface area contributed by atoms with Crippen molar-refractivity contribution in [3.8, 4) is 16.9 Å². The van der Waals surface area contributed by atoms with Gasteiger partial charge in [-0.05, 0) is 62.7 Å². The van der Waals surface area contributed by atoms with Crippen LogP contribution in [-0.4, -0.2) is 34.4 Å². The van der Waals surface area contributed by atoms with E-state index in [1.807, 2.05) is 98.4 Å². The van der Waals surface area contributed by atoms with E-state index in [-0.39, 0.29) is 6.42 Å². The SMILES string of the molecule is CCN(C)c1ccc(-c2cc(CC(C(=O)O)c3cccc(C)c3)nn2-c2ccc(C)cc2)c(Cl)c1. The number of nitrogens with zero attached hydrogens (tertiary/aromatic N) is 3. The zero-order valence-electron chi connectivity index (χ0n) is 20.5. The number of aromatic nitrogens is 2. The molecule has 180 valence electrons. The van der Waals surface area contributed by atoms with Crippen molar-refractivity contribution in [2.45, 2.75) is 33.1 Å². The summed E-state index contributed by atoms with van der Waals surface area (Å²) < 4.78 is 1.86. The van der Waals surface area contributed by atoms with Crippen molar-refractivity contribution in [3.63, 3.8) is 0 Å². The first kappa shape index (κ1) is 24.6. The minimum absolute atomic E-state index is 0.277. The number of halogens is 1. The van der Waals surface area contributed by atoms with Crippen LogP contribution in [-0.2, 0) is 11.2 Å². The van der Waals surface area contributed by atoms with Gasteiger partial charge in [0.05, 0.1) is 28.0 Å². The number of carboxylic acids is 1. The Bertz CT molecular complexity index is 1340. The smallest absolute Gasteiger partial charge is 0.311 e. The molecule has 3 aromatic carbocycles. The third kappa shape index (κ3) is 5.41. The van der Waals surface area contributed by atoms with Gasteiger partial charge in [0.2, 0.25) is 0 Å². The van der Waals surface area contributed by atoms with Gasteiger partial charge < -0.3 is 10.0 Å². The molecule has 0 aliphatic heterocycles. The molecule has 1 aromatic heterocycles. The van der Waals surface area contributed by atoms with Gasteiger partial charge in [-0.25, -0.2) is 4.68 Å². The van der Waals surface area contributed by atoms with Gasteiger partial charge in [0.1, 0.15) is 0 Å². The summed E-state index contributed by atoms with van der Waals surface area (Å²) in [5.74, 6) is -1.56. The van der Waals surface area contributed by atoms with Gasteiger partial charge in [-0.1, -0.05) is 59.1 Å². The van der Waals surface area contributed by atoms with Crippen LogP contribution in [0, 0.1) is 13.8 Å². The van der Waals surface area contributed by atoms with Gasteiger partial charge in [-0.15, -0.1) is 0 Å². The van der Waals surface area contributed by atoms with Crippen molar-refractivity contribution in [2.24, 2.45) is 0 Å². The maximum atomic E-state index is 12.2. The zero-order valence-corrected chi connectivity index (χ0v) is 21.3. The summed E-state index contributed by atoms with van der Waals surface area (Å²) in [6.45, 7) is 6.97. The van der Waals surface area contributed by atoms with Crippen LogP contribution in [0.25, 0.3) is 16.9 Å². The van der Waals surface area contributed by atoms with Crippen LogP contribution in [0.2, 0.25) is 5.02 Å². The quantitative estimate of drug-likeness (QED) is 0.301. The molecule has 0 radical (unpaired) electrons. The molecule has 1 atom stereocenters. The molecule has 0 saturated carbocycles. The fourth-order valence-corrected chi connectivity index (χ4v) is 4.45. The van der Waals surface area contributed by atoms with E-state index in [0.717, 1.165) is 45.9 Å². The summed E-state index contributed by atoms with van der Waals surface area (Å²) in [4.78, 5) is 14.3. The number of carboxylic acid groups (broad SMARTS) is 1. The van der Waals surface area contributed by atoms with Crippen LogP contribution in [0.5, 0.6) is 0 Å². The van der Waals surface area contributed by atoms with Crippen molar-refractivity contribution >= 4 is 23.3 Å². The molecule has 1 unspecified atom stereocenters. The van der Waals surface area contributed by atoms with E-state index in [4.69, 9.17) is 16.7 Å². The highest BCUT2D eigenvalue weighted by atomic mass is 35.5. The van der Waals surface area contributed by atoms with E-state index in [0.29, 0.717) is 10.7 Å². The molecular formula is C29H30ClN3O2. The standard InChI is InChI=1S/C29H30ClN3O2/c1-5-32(4)24-13-14-25(27(30)18-24)28-17-22(31-33(28)23-11-9-19(2)10-12-23)16-26(29(34)35)21-8-6-7-20(3)15-21/h6-15,17-18,26H,5,16H2,1-4H3,(H,34,35). The lowest BCUT2D eigenvalue weighted by Gasteiger charge is -2.18. The Morgan fingerprint density at radius 3 is 2.40 bits per heavy atom. The Morgan fingerprint density at radius 1 is 1.03 bits per heavy atom. The van der Waals surface area contributed by atoms with Crippen LogP contribution in [0.4, 0.5) is 5.69 Å². The van der Waals surface area contributed by atoms with Crippen molar-refractivity contribution in [3.05, 3.63) is 100 Å². The lowest BCUT2D eigenvalue weighted by atomic mass is 9.93. The van der Waals surface area contributed by atoms with Crippen molar-refractivity contribution in [1.29, 1.82) is 0 Å². The average molecular weight is 488 g/mol. The molecule has 0 fully saturated rings. The summed E-state index contributed by atoms with van der Waals surface area (Å²) in [6, 6.07) is 23.7. The van der Waals surface area contributed by atoms with E-state index < -0.39 is 11.9 Å². The van der Waals surface area contributed by atoms with Crippen LogP contribution in [0.1, 0.15) is 35.2 Å². The van der Waals surface area contributed by atoms with E-state index in [1.54, 1.807) is 0 Å². The van der Waals surface area contributed by atoms with E-state index in [1.165, 1.54) is 0 Å². The highest BCUT2D eigenvalue weighted by Gasteiger charge is 2.24. The Labute approximate surface area is 211 Å². The second-order valence-corrected chi connectivity index (χ2v) is 9.36. The number of hydrogen-bond donors (Lipinski definition) is 1. The fourth-order valence-electron chi connectivity index (χ4n) is 4.18. The van der Waals surface area contributed by atoms with Gasteiger partial charge in [-0.3, -0.25) is 4.79 Å². The highest BCUT2D eigenvalue weighted by Crippen LogP contribution is 2.34. The number of rotatable bonds is 8. The van der Waals surface area contributed by atoms with Crippen molar-refractivity contribution in [2.75, 3.05) is 18.5 Å². The van der Waals surface area contributed by atoms with E-state index in [2.05, 4.69) is 11.8 Å². The summed E-state index contributed by atoms with van der Waals surface area (Å²) in [5.41, 5.74) is 7.25. The van der Waals surface area contributed by atoms with E-state index in [9.17, 15) is 9.90 Å². The van der Waals surface area contributed by atoms with Crippen molar-refractivity contribution in [1.82, 2.24) is 9.78 Å². The summed E-state index contributed by atoms with van der Waals surface area (Å²) >= 11 is 6.77. The van der Waals surface area contributed by atoms with Gasteiger partial charge in [-0.2, -0.15) is 5.10 Å². The zero-order chi connectivity index (χ0) is 25.1. The summed E-state index contributed by atoms with van der Waals surface area (Å²) in [6.07, 6.45) is 0.277. The fraction of sp³-hybridized carbons (Fsp3) is 0.241. The number of benzene rings is 3. The molecule has 6 heteroatoms. The first-order valence-electron chi connectivity index (χ1n) is 11.7. The molecule has 0 aliphatic carbocycles. The molecule has 0 amide bonds. The topological polar surface area (TPSA) is 58.4 Å². The van der Waals surface area contributed by atoms with Crippen LogP contribution in [0.15, 0.2) is 72.8 Å². The lowest BCUT2D eigenvalue weighted by Crippen LogP contribution is -2.15. The predicted octanol–water partition coefficient (Wildman–Crippen LogP) is 6.68. The molecule has 1 heterocycles. The predicted molar refractivity (Wildman–Crippen MR) is 143 cm³/mol. The van der Waals surface area contributed by atoms with Crippen LogP contribution >= 0.6 is 11.6 Å². The Hall–Kier alpha value is -3.57. The molecule has 5 nitrogen and oxygen atoms in total. The summed E-state index contributed by atoms with van der Waals surface area (Å²) in [7, 11) is 2.03. The number of anilines is 1. The molecule has 0 spiro atoms. The lowest BCUT2D eigenvalue weighted by molar-refractivity contribution is -0.138. The number of aliphatic carboxylic acids is 1. The number of carbonyl (C=O) groups is 1. The Balaban J connectivity index is 1.80. The minimum atomic E-state index is -0.868. The maximum absolute atomic E-state index is 12.2. The normalized spacial score (nSPS) is 11.9. The van der Waals surface area contributed by atoms with Crippen LogP contribution in [0.3, 0.4) is 0 Å². The highest BCUT2D eigenvalue weighted by molar-refractivity contribution is 6.33.